The molecule has 0 saturated heterocycles. The van der Waals surface area contributed by atoms with Crippen molar-refractivity contribution in [3.8, 4) is 0 Å². The summed E-state index contributed by atoms with van der Waals surface area (Å²) in [6.07, 6.45) is 3.56. The Morgan fingerprint density at radius 2 is 2.00 bits per heavy atom. The van der Waals surface area contributed by atoms with Crippen molar-refractivity contribution < 1.29 is 9.90 Å². The molecule has 2 saturated carbocycles. The van der Waals surface area contributed by atoms with E-state index in [1.807, 2.05) is 6.92 Å². The first-order chi connectivity index (χ1) is 6.76. The lowest BCUT2D eigenvalue weighted by Crippen LogP contribution is -2.37. The minimum Gasteiger partial charge on any atom is -0.395 e. The number of likely N-dealkylation sites (N-methyl/N-ethyl adjacent to an activating group) is 1. The number of hydrogen-bond donors (Lipinski definition) is 1. The molecule has 2 fully saturated rings. The van der Waals surface area contributed by atoms with Gasteiger partial charge in [0, 0.05) is 19.0 Å². The van der Waals surface area contributed by atoms with E-state index in [9.17, 15) is 4.79 Å². The van der Waals surface area contributed by atoms with Crippen molar-refractivity contribution >= 4 is 5.91 Å². The number of amides is 1. The van der Waals surface area contributed by atoms with Crippen LogP contribution in [0, 0.1) is 17.8 Å². The lowest BCUT2D eigenvalue weighted by Gasteiger charge is -2.23. The van der Waals surface area contributed by atoms with Gasteiger partial charge in [0.25, 0.3) is 0 Å². The van der Waals surface area contributed by atoms with Gasteiger partial charge in [0.1, 0.15) is 0 Å². The zero-order valence-electron chi connectivity index (χ0n) is 8.78. The Kier molecular flexibility index (Phi) is 2.77. The second-order valence-electron chi connectivity index (χ2n) is 4.57. The van der Waals surface area contributed by atoms with Crippen molar-refractivity contribution in [2.45, 2.75) is 26.2 Å². The monoisotopic (exact) mass is 197 g/mol. The van der Waals surface area contributed by atoms with Crippen LogP contribution >= 0.6 is 0 Å². The van der Waals surface area contributed by atoms with Gasteiger partial charge in [-0.3, -0.25) is 4.79 Å². The first-order valence-electron chi connectivity index (χ1n) is 5.66. The van der Waals surface area contributed by atoms with Crippen molar-refractivity contribution in [3.63, 3.8) is 0 Å². The van der Waals surface area contributed by atoms with Gasteiger partial charge in [-0.2, -0.15) is 0 Å². The van der Waals surface area contributed by atoms with Gasteiger partial charge in [0.05, 0.1) is 6.61 Å². The molecule has 2 aliphatic carbocycles. The van der Waals surface area contributed by atoms with E-state index in [1.54, 1.807) is 4.90 Å². The standard InChI is InChI=1S/C11H19NO2/c1-2-12(3-4-13)11(14)10-6-8-5-9(8)7-10/h8-10,13H,2-7H2,1H3. The fourth-order valence-electron chi connectivity index (χ4n) is 2.72. The Morgan fingerprint density at radius 1 is 1.36 bits per heavy atom. The average molecular weight is 197 g/mol. The number of carbonyl (C=O) groups is 1. The van der Waals surface area contributed by atoms with E-state index >= 15 is 0 Å². The van der Waals surface area contributed by atoms with Crippen LogP contribution in [0.15, 0.2) is 0 Å². The Balaban J connectivity index is 1.86. The van der Waals surface area contributed by atoms with Gasteiger partial charge in [-0.25, -0.2) is 0 Å². The molecule has 0 heterocycles. The molecule has 3 nitrogen and oxygen atoms in total. The average Bonchev–Trinajstić information content (AvgIpc) is 2.81. The maximum absolute atomic E-state index is 11.9. The highest BCUT2D eigenvalue weighted by Gasteiger charge is 2.48. The quantitative estimate of drug-likeness (QED) is 0.726. The van der Waals surface area contributed by atoms with Crippen LogP contribution in [0.3, 0.4) is 0 Å². The third-order valence-electron chi connectivity index (χ3n) is 3.66. The SMILES string of the molecule is CCN(CCO)C(=O)C1CC2CC2C1. The summed E-state index contributed by atoms with van der Waals surface area (Å²) in [5.41, 5.74) is 0. The van der Waals surface area contributed by atoms with E-state index in [-0.39, 0.29) is 18.4 Å². The fourth-order valence-corrected chi connectivity index (χ4v) is 2.72. The molecule has 2 atom stereocenters. The van der Waals surface area contributed by atoms with Gasteiger partial charge in [-0.05, 0) is 38.0 Å². The summed E-state index contributed by atoms with van der Waals surface area (Å²) in [4.78, 5) is 13.7. The molecule has 2 aliphatic rings. The van der Waals surface area contributed by atoms with Crippen molar-refractivity contribution in [2.24, 2.45) is 17.8 Å². The number of carbonyl (C=O) groups excluding carboxylic acids is 1. The van der Waals surface area contributed by atoms with Crippen molar-refractivity contribution in [3.05, 3.63) is 0 Å². The van der Waals surface area contributed by atoms with Crippen LogP contribution in [-0.4, -0.2) is 35.6 Å². The number of rotatable bonds is 4. The fraction of sp³-hybridized carbons (Fsp3) is 0.909. The third kappa shape index (κ3) is 1.78. The molecular weight excluding hydrogens is 178 g/mol. The number of hydrogen-bond acceptors (Lipinski definition) is 2. The summed E-state index contributed by atoms with van der Waals surface area (Å²) in [6, 6.07) is 0. The minimum absolute atomic E-state index is 0.0825. The molecule has 2 rings (SSSR count). The topological polar surface area (TPSA) is 40.5 Å². The Morgan fingerprint density at radius 3 is 2.50 bits per heavy atom. The molecule has 0 aliphatic heterocycles. The van der Waals surface area contributed by atoms with Crippen LogP contribution in [0.1, 0.15) is 26.2 Å². The van der Waals surface area contributed by atoms with E-state index in [4.69, 9.17) is 5.11 Å². The molecule has 0 aromatic rings. The minimum atomic E-state index is 0.0825. The molecule has 0 aromatic heterocycles. The molecule has 2 unspecified atom stereocenters. The van der Waals surface area contributed by atoms with Gasteiger partial charge in [-0.15, -0.1) is 0 Å². The largest absolute Gasteiger partial charge is 0.395 e. The van der Waals surface area contributed by atoms with Crippen LogP contribution in [0.25, 0.3) is 0 Å². The van der Waals surface area contributed by atoms with Gasteiger partial charge in [0.2, 0.25) is 5.91 Å². The molecule has 0 spiro atoms. The molecule has 3 heteroatoms. The molecule has 0 radical (unpaired) electrons. The van der Waals surface area contributed by atoms with Crippen LogP contribution in [0.4, 0.5) is 0 Å². The number of nitrogens with zero attached hydrogens (tertiary/aromatic N) is 1. The summed E-state index contributed by atoms with van der Waals surface area (Å²) in [5, 5.41) is 8.83. The molecule has 1 amide bonds. The normalized spacial score (nSPS) is 34.0. The first kappa shape index (κ1) is 9.97. The van der Waals surface area contributed by atoms with Gasteiger partial charge >= 0.3 is 0 Å². The molecular formula is C11H19NO2. The van der Waals surface area contributed by atoms with Crippen LogP contribution in [0.2, 0.25) is 0 Å². The lowest BCUT2D eigenvalue weighted by molar-refractivity contribution is -0.136. The Bertz CT molecular complexity index is 215. The maximum Gasteiger partial charge on any atom is 0.225 e. The van der Waals surface area contributed by atoms with Gasteiger partial charge in [0.15, 0.2) is 0 Å². The van der Waals surface area contributed by atoms with Crippen molar-refractivity contribution in [2.75, 3.05) is 19.7 Å². The van der Waals surface area contributed by atoms with E-state index < -0.39 is 0 Å². The molecule has 0 bridgehead atoms. The Hall–Kier alpha value is -0.570. The third-order valence-corrected chi connectivity index (χ3v) is 3.66. The lowest BCUT2D eigenvalue weighted by atomic mass is 10.0. The van der Waals surface area contributed by atoms with E-state index in [2.05, 4.69) is 0 Å². The molecule has 14 heavy (non-hydrogen) atoms. The highest BCUT2D eigenvalue weighted by Crippen LogP contribution is 2.54. The van der Waals surface area contributed by atoms with E-state index in [1.165, 1.54) is 6.42 Å². The number of fused-ring (bicyclic) bond motifs is 1. The van der Waals surface area contributed by atoms with Crippen LogP contribution < -0.4 is 0 Å². The summed E-state index contributed by atoms with van der Waals surface area (Å²) in [5.74, 6) is 2.26. The summed E-state index contributed by atoms with van der Waals surface area (Å²) in [6.45, 7) is 3.29. The molecule has 1 N–H and O–H groups in total. The van der Waals surface area contributed by atoms with E-state index in [0.717, 1.165) is 31.2 Å². The zero-order chi connectivity index (χ0) is 10.1. The van der Waals surface area contributed by atoms with Gasteiger partial charge in [-0.1, -0.05) is 0 Å². The van der Waals surface area contributed by atoms with Gasteiger partial charge < -0.3 is 10.0 Å². The van der Waals surface area contributed by atoms with E-state index in [0.29, 0.717) is 6.54 Å². The molecule has 80 valence electrons. The highest BCUT2D eigenvalue weighted by molar-refractivity contribution is 5.79. The van der Waals surface area contributed by atoms with Crippen molar-refractivity contribution in [1.82, 2.24) is 4.90 Å². The second kappa shape index (κ2) is 3.89. The van der Waals surface area contributed by atoms with Crippen LogP contribution in [0.5, 0.6) is 0 Å². The van der Waals surface area contributed by atoms with Crippen LogP contribution in [-0.2, 0) is 4.79 Å². The maximum atomic E-state index is 11.9. The predicted molar refractivity (Wildman–Crippen MR) is 53.7 cm³/mol. The molecule has 0 aromatic carbocycles. The zero-order valence-corrected chi connectivity index (χ0v) is 8.78. The summed E-state index contributed by atoms with van der Waals surface area (Å²) < 4.78 is 0. The second-order valence-corrected chi connectivity index (χ2v) is 4.57. The smallest absolute Gasteiger partial charge is 0.225 e. The first-order valence-corrected chi connectivity index (χ1v) is 5.66. The summed E-state index contributed by atoms with van der Waals surface area (Å²) in [7, 11) is 0. The van der Waals surface area contributed by atoms with Crippen molar-refractivity contribution in [1.29, 1.82) is 0 Å². The Labute approximate surface area is 85.1 Å². The number of aliphatic hydroxyl groups is 1. The highest BCUT2D eigenvalue weighted by atomic mass is 16.3. The predicted octanol–water partition coefficient (Wildman–Crippen LogP) is 0.873. The number of aliphatic hydroxyl groups excluding tert-OH is 1. The summed E-state index contributed by atoms with van der Waals surface area (Å²) >= 11 is 0.